The van der Waals surface area contributed by atoms with Gasteiger partial charge in [0.2, 0.25) is 0 Å². The molecule has 0 N–H and O–H groups in total. The molecule has 0 aromatic rings. The largest absolute Gasteiger partial charge is 0.417 e. The summed E-state index contributed by atoms with van der Waals surface area (Å²) in [7, 11) is -1.54. The summed E-state index contributed by atoms with van der Waals surface area (Å²) in [5.41, 5.74) is 0.659. The zero-order chi connectivity index (χ0) is 16.3. The van der Waals surface area contributed by atoms with E-state index in [-0.39, 0.29) is 0 Å². The van der Waals surface area contributed by atoms with E-state index in [1.807, 2.05) is 0 Å². The summed E-state index contributed by atoms with van der Waals surface area (Å²) in [6.45, 7) is 14.7. The topological polar surface area (TPSA) is 18.5 Å². The fourth-order valence-corrected chi connectivity index (χ4v) is 4.89. The second-order valence-corrected chi connectivity index (χ2v) is 14.1. The van der Waals surface area contributed by atoms with Crippen LogP contribution in [-0.2, 0) is 9.16 Å². The molecule has 3 heteroatoms. The Balaban J connectivity index is 1.63. The van der Waals surface area contributed by atoms with Gasteiger partial charge in [0.15, 0.2) is 8.32 Å². The lowest BCUT2D eigenvalue weighted by Crippen LogP contribution is -2.41. The van der Waals surface area contributed by atoms with Gasteiger partial charge in [-0.25, -0.2) is 0 Å². The first-order valence-electron chi connectivity index (χ1n) is 9.46. The van der Waals surface area contributed by atoms with Crippen molar-refractivity contribution in [2.75, 3.05) is 19.8 Å². The van der Waals surface area contributed by atoms with Gasteiger partial charge in [-0.1, -0.05) is 20.8 Å². The smallest absolute Gasteiger partial charge is 0.191 e. The van der Waals surface area contributed by atoms with Crippen LogP contribution in [0.3, 0.4) is 0 Å². The third-order valence-electron chi connectivity index (χ3n) is 6.75. The molecule has 2 aliphatic rings. The van der Waals surface area contributed by atoms with Gasteiger partial charge in [-0.2, -0.15) is 0 Å². The molecule has 0 aromatic heterocycles. The fourth-order valence-electron chi connectivity index (χ4n) is 3.80. The Morgan fingerprint density at radius 1 is 1.05 bits per heavy atom. The van der Waals surface area contributed by atoms with E-state index in [0.29, 0.717) is 10.5 Å². The summed E-state index contributed by atoms with van der Waals surface area (Å²) in [5, 5.41) is 0.341. The highest BCUT2D eigenvalue weighted by molar-refractivity contribution is 6.74. The van der Waals surface area contributed by atoms with E-state index in [1.54, 1.807) is 0 Å². The number of hydrogen-bond donors (Lipinski definition) is 0. The maximum absolute atomic E-state index is 6.32. The molecule has 1 spiro atoms. The van der Waals surface area contributed by atoms with Crippen LogP contribution in [0.1, 0.15) is 72.1 Å². The van der Waals surface area contributed by atoms with Crippen LogP contribution in [0.2, 0.25) is 18.1 Å². The van der Waals surface area contributed by atoms with Gasteiger partial charge in [-0.15, -0.1) is 0 Å². The molecule has 130 valence electrons. The molecule has 1 saturated carbocycles. The average Bonchev–Trinajstić information content (AvgIpc) is 2.45. The van der Waals surface area contributed by atoms with Gasteiger partial charge in [-0.3, -0.25) is 0 Å². The molecule has 1 aliphatic carbocycles. The fraction of sp³-hybridized carbons (Fsp3) is 1.00. The highest BCUT2D eigenvalue weighted by Gasteiger charge is 2.38. The van der Waals surface area contributed by atoms with Crippen LogP contribution in [-0.4, -0.2) is 28.1 Å². The Labute approximate surface area is 139 Å². The van der Waals surface area contributed by atoms with Crippen molar-refractivity contribution in [1.82, 2.24) is 0 Å². The Morgan fingerprint density at radius 3 is 2.18 bits per heavy atom. The molecule has 0 amide bonds. The minimum absolute atomic E-state index is 0.341. The zero-order valence-electron chi connectivity index (χ0n) is 15.7. The van der Waals surface area contributed by atoms with E-state index in [2.05, 4.69) is 33.9 Å². The van der Waals surface area contributed by atoms with E-state index in [1.165, 1.54) is 51.4 Å². The number of rotatable bonds is 5. The van der Waals surface area contributed by atoms with Crippen LogP contribution in [0.15, 0.2) is 0 Å². The molecule has 1 heterocycles. The van der Waals surface area contributed by atoms with Gasteiger partial charge < -0.3 is 9.16 Å². The lowest BCUT2D eigenvalue weighted by molar-refractivity contribution is -0.0137. The molecule has 2 rings (SSSR count). The van der Waals surface area contributed by atoms with E-state index in [0.717, 1.165) is 25.7 Å². The van der Waals surface area contributed by atoms with Crippen LogP contribution in [0.25, 0.3) is 0 Å². The summed E-state index contributed by atoms with van der Waals surface area (Å²) in [4.78, 5) is 0. The standard InChI is InChI=1S/C19H38O2Si/c1-18(2,3)22(4,5)21-14-6-7-17-8-10-19(11-9-17)12-15-20-16-13-19/h17H,6-16H2,1-5H3. The molecule has 0 unspecified atom stereocenters. The molecule has 0 radical (unpaired) electrons. The van der Waals surface area contributed by atoms with Crippen LogP contribution in [0, 0.1) is 11.3 Å². The maximum Gasteiger partial charge on any atom is 0.191 e. The molecule has 1 saturated heterocycles. The van der Waals surface area contributed by atoms with Crippen molar-refractivity contribution in [2.45, 2.75) is 90.3 Å². The Bertz CT molecular complexity index is 330. The third kappa shape index (κ3) is 4.81. The molecule has 0 atom stereocenters. The van der Waals surface area contributed by atoms with Gasteiger partial charge in [-0.05, 0) is 80.8 Å². The Morgan fingerprint density at radius 2 is 1.64 bits per heavy atom. The lowest BCUT2D eigenvalue weighted by Gasteiger charge is -2.43. The Hall–Kier alpha value is 0.137. The molecule has 0 aromatic carbocycles. The van der Waals surface area contributed by atoms with Crippen molar-refractivity contribution in [1.29, 1.82) is 0 Å². The quantitative estimate of drug-likeness (QED) is 0.471. The maximum atomic E-state index is 6.32. The minimum atomic E-state index is -1.54. The summed E-state index contributed by atoms with van der Waals surface area (Å²) in [5.74, 6) is 0.955. The minimum Gasteiger partial charge on any atom is -0.417 e. The molecule has 2 nitrogen and oxygen atoms in total. The molecular formula is C19H38O2Si. The van der Waals surface area contributed by atoms with Crippen LogP contribution >= 0.6 is 0 Å². The van der Waals surface area contributed by atoms with Crippen LogP contribution < -0.4 is 0 Å². The third-order valence-corrected chi connectivity index (χ3v) is 11.3. The Kier molecular flexibility index (Phi) is 6.18. The normalized spacial score (nSPS) is 23.9. The summed E-state index contributed by atoms with van der Waals surface area (Å²) >= 11 is 0. The summed E-state index contributed by atoms with van der Waals surface area (Å²) < 4.78 is 11.9. The van der Waals surface area contributed by atoms with E-state index >= 15 is 0 Å². The van der Waals surface area contributed by atoms with E-state index in [9.17, 15) is 0 Å². The first-order chi connectivity index (χ1) is 10.2. The van der Waals surface area contributed by atoms with E-state index < -0.39 is 8.32 Å². The van der Waals surface area contributed by atoms with Crippen molar-refractivity contribution in [2.24, 2.45) is 11.3 Å². The second-order valence-electron chi connectivity index (χ2n) is 9.31. The summed E-state index contributed by atoms with van der Waals surface area (Å²) in [6, 6.07) is 0. The van der Waals surface area contributed by atoms with E-state index in [4.69, 9.17) is 9.16 Å². The second kappa shape index (κ2) is 7.35. The molecule has 0 bridgehead atoms. The van der Waals surface area contributed by atoms with Gasteiger partial charge in [0.25, 0.3) is 0 Å². The molecule has 22 heavy (non-hydrogen) atoms. The number of hydrogen-bond acceptors (Lipinski definition) is 2. The zero-order valence-corrected chi connectivity index (χ0v) is 16.7. The predicted molar refractivity (Wildman–Crippen MR) is 96.8 cm³/mol. The first kappa shape index (κ1) is 18.5. The van der Waals surface area contributed by atoms with Crippen molar-refractivity contribution in [3.05, 3.63) is 0 Å². The van der Waals surface area contributed by atoms with Gasteiger partial charge in [0.1, 0.15) is 0 Å². The first-order valence-corrected chi connectivity index (χ1v) is 12.4. The SMILES string of the molecule is CC(C)(C)[Si](C)(C)OCCCC1CCC2(CCOCC2)CC1. The molecule has 1 aliphatic heterocycles. The van der Waals surface area contributed by atoms with Crippen LogP contribution in [0.5, 0.6) is 0 Å². The highest BCUT2D eigenvalue weighted by atomic mass is 28.4. The van der Waals surface area contributed by atoms with Gasteiger partial charge in [0, 0.05) is 19.8 Å². The van der Waals surface area contributed by atoms with Gasteiger partial charge in [0.05, 0.1) is 0 Å². The van der Waals surface area contributed by atoms with Crippen molar-refractivity contribution >= 4 is 8.32 Å². The average molecular weight is 327 g/mol. The monoisotopic (exact) mass is 326 g/mol. The van der Waals surface area contributed by atoms with Gasteiger partial charge >= 0.3 is 0 Å². The number of ether oxygens (including phenoxy) is 1. The van der Waals surface area contributed by atoms with Crippen molar-refractivity contribution in [3.63, 3.8) is 0 Å². The predicted octanol–water partition coefficient (Wildman–Crippen LogP) is 5.78. The molecular weight excluding hydrogens is 288 g/mol. The van der Waals surface area contributed by atoms with Crippen molar-refractivity contribution in [3.8, 4) is 0 Å². The lowest BCUT2D eigenvalue weighted by atomic mass is 9.66. The molecule has 2 fully saturated rings. The highest BCUT2D eigenvalue weighted by Crippen LogP contribution is 2.46. The van der Waals surface area contributed by atoms with Crippen LogP contribution in [0.4, 0.5) is 0 Å². The summed E-state index contributed by atoms with van der Waals surface area (Å²) in [6.07, 6.45) is 11.0. The van der Waals surface area contributed by atoms with Crippen molar-refractivity contribution < 1.29 is 9.16 Å².